The number of carbonyl (C=O) groups is 2. The van der Waals surface area contributed by atoms with Gasteiger partial charge >= 0.3 is 0 Å². The number of amides is 2. The van der Waals surface area contributed by atoms with Gasteiger partial charge < -0.3 is 10.6 Å². The van der Waals surface area contributed by atoms with Gasteiger partial charge in [-0.25, -0.2) is 4.39 Å². The predicted molar refractivity (Wildman–Crippen MR) is 67.6 cm³/mol. The lowest BCUT2D eigenvalue weighted by molar-refractivity contribution is -0.120. The molecule has 96 valence electrons. The van der Waals surface area contributed by atoms with E-state index in [4.69, 9.17) is 0 Å². The minimum absolute atomic E-state index is 0.0903. The first-order valence-electron chi connectivity index (χ1n) is 5.59. The van der Waals surface area contributed by atoms with E-state index >= 15 is 0 Å². The quantitative estimate of drug-likeness (QED) is 0.887. The Morgan fingerprint density at radius 2 is 2.11 bits per heavy atom. The van der Waals surface area contributed by atoms with E-state index in [-0.39, 0.29) is 24.1 Å². The highest BCUT2D eigenvalue weighted by molar-refractivity contribution is 9.10. The van der Waals surface area contributed by atoms with Crippen LogP contribution < -0.4 is 10.6 Å². The first-order chi connectivity index (χ1) is 8.56. The van der Waals surface area contributed by atoms with Crippen molar-refractivity contribution in [2.24, 2.45) is 0 Å². The highest BCUT2D eigenvalue weighted by atomic mass is 79.9. The van der Waals surface area contributed by atoms with Crippen LogP contribution in [0.4, 0.5) is 4.39 Å². The number of benzene rings is 1. The summed E-state index contributed by atoms with van der Waals surface area (Å²) >= 11 is 3.00. The molecule has 0 aromatic heterocycles. The molecule has 1 saturated carbocycles. The molecule has 4 nitrogen and oxygen atoms in total. The molecule has 0 unspecified atom stereocenters. The van der Waals surface area contributed by atoms with E-state index in [2.05, 4.69) is 26.6 Å². The average molecular weight is 315 g/mol. The molecule has 2 rings (SSSR count). The summed E-state index contributed by atoms with van der Waals surface area (Å²) in [6.45, 7) is -0.0903. The second kappa shape index (κ2) is 5.48. The molecule has 1 aromatic rings. The van der Waals surface area contributed by atoms with Gasteiger partial charge in [0, 0.05) is 11.6 Å². The molecule has 6 heteroatoms. The fraction of sp³-hybridized carbons (Fsp3) is 0.333. The molecular weight excluding hydrogens is 303 g/mol. The third-order valence-electron chi connectivity index (χ3n) is 2.53. The molecule has 2 N–H and O–H groups in total. The Balaban J connectivity index is 1.86. The Labute approximate surface area is 112 Å². The van der Waals surface area contributed by atoms with E-state index in [9.17, 15) is 14.0 Å². The molecule has 0 radical (unpaired) electrons. The monoisotopic (exact) mass is 314 g/mol. The molecule has 0 atom stereocenters. The van der Waals surface area contributed by atoms with Gasteiger partial charge in [0.1, 0.15) is 5.82 Å². The molecule has 0 saturated heterocycles. The van der Waals surface area contributed by atoms with Crippen molar-refractivity contribution in [3.05, 3.63) is 34.1 Å². The van der Waals surface area contributed by atoms with Crippen molar-refractivity contribution < 1.29 is 14.0 Å². The van der Waals surface area contributed by atoms with Gasteiger partial charge in [-0.1, -0.05) is 0 Å². The SMILES string of the molecule is O=C(CNC(=O)c1ccc(Br)c(F)c1)NC1CC1. The summed E-state index contributed by atoms with van der Waals surface area (Å²) in [5.74, 6) is -1.19. The number of hydrogen-bond donors (Lipinski definition) is 2. The van der Waals surface area contributed by atoms with E-state index < -0.39 is 11.7 Å². The molecule has 0 aliphatic heterocycles. The Morgan fingerprint density at radius 1 is 1.39 bits per heavy atom. The highest BCUT2D eigenvalue weighted by Crippen LogP contribution is 2.18. The van der Waals surface area contributed by atoms with Crippen molar-refractivity contribution >= 4 is 27.7 Å². The summed E-state index contributed by atoms with van der Waals surface area (Å²) in [6.07, 6.45) is 2.00. The van der Waals surface area contributed by atoms with Crippen LogP contribution in [0.2, 0.25) is 0 Å². The Hall–Kier alpha value is -1.43. The number of rotatable bonds is 4. The first kappa shape index (κ1) is 13.0. The predicted octanol–water partition coefficient (Wildman–Crippen LogP) is 1.60. The summed E-state index contributed by atoms with van der Waals surface area (Å²) in [5, 5.41) is 5.19. The molecule has 0 heterocycles. The van der Waals surface area contributed by atoms with E-state index in [0.29, 0.717) is 4.47 Å². The standard InChI is InChI=1S/C12H12BrFN2O2/c13-9-4-1-7(5-10(9)14)12(18)15-6-11(17)16-8-2-3-8/h1,4-5,8H,2-3,6H2,(H,15,18)(H,16,17). The summed E-state index contributed by atoms with van der Waals surface area (Å²) in [6, 6.07) is 4.33. The van der Waals surface area contributed by atoms with Gasteiger partial charge in [0.05, 0.1) is 11.0 Å². The maximum atomic E-state index is 13.2. The van der Waals surface area contributed by atoms with Crippen molar-refractivity contribution in [3.63, 3.8) is 0 Å². The molecule has 1 aliphatic rings. The molecule has 1 aliphatic carbocycles. The highest BCUT2D eigenvalue weighted by Gasteiger charge is 2.23. The minimum Gasteiger partial charge on any atom is -0.352 e. The van der Waals surface area contributed by atoms with Crippen LogP contribution in [0.3, 0.4) is 0 Å². The lowest BCUT2D eigenvalue weighted by Crippen LogP contribution is -2.37. The van der Waals surface area contributed by atoms with E-state index in [1.54, 1.807) is 0 Å². The Kier molecular flexibility index (Phi) is 3.96. The minimum atomic E-state index is -0.509. The van der Waals surface area contributed by atoms with Crippen molar-refractivity contribution in [2.45, 2.75) is 18.9 Å². The second-order valence-electron chi connectivity index (χ2n) is 4.15. The molecule has 2 amide bonds. The zero-order chi connectivity index (χ0) is 13.1. The summed E-state index contributed by atoms with van der Waals surface area (Å²) in [4.78, 5) is 23.0. The average Bonchev–Trinajstić information content (AvgIpc) is 3.13. The van der Waals surface area contributed by atoms with Gasteiger partial charge in [-0.2, -0.15) is 0 Å². The maximum absolute atomic E-state index is 13.2. The lowest BCUT2D eigenvalue weighted by atomic mass is 10.2. The summed E-state index contributed by atoms with van der Waals surface area (Å²) in [7, 11) is 0. The van der Waals surface area contributed by atoms with Crippen LogP contribution in [0.15, 0.2) is 22.7 Å². The van der Waals surface area contributed by atoms with Gasteiger partial charge in [0.2, 0.25) is 5.91 Å². The number of halogens is 2. The van der Waals surface area contributed by atoms with Gasteiger partial charge in [0.15, 0.2) is 0 Å². The van der Waals surface area contributed by atoms with Crippen LogP contribution in [-0.4, -0.2) is 24.4 Å². The van der Waals surface area contributed by atoms with Crippen molar-refractivity contribution in [2.75, 3.05) is 6.54 Å². The largest absolute Gasteiger partial charge is 0.352 e. The smallest absolute Gasteiger partial charge is 0.251 e. The van der Waals surface area contributed by atoms with Crippen molar-refractivity contribution in [3.8, 4) is 0 Å². The molecule has 0 bridgehead atoms. The maximum Gasteiger partial charge on any atom is 0.251 e. The van der Waals surface area contributed by atoms with Gasteiger partial charge in [-0.05, 0) is 47.0 Å². The van der Waals surface area contributed by atoms with E-state index in [0.717, 1.165) is 18.9 Å². The van der Waals surface area contributed by atoms with Crippen LogP contribution >= 0.6 is 15.9 Å². The second-order valence-corrected chi connectivity index (χ2v) is 5.01. The Bertz CT molecular complexity index is 489. The van der Waals surface area contributed by atoms with Crippen molar-refractivity contribution in [1.82, 2.24) is 10.6 Å². The molecule has 0 spiro atoms. The number of hydrogen-bond acceptors (Lipinski definition) is 2. The molecule has 18 heavy (non-hydrogen) atoms. The zero-order valence-corrected chi connectivity index (χ0v) is 11.1. The van der Waals surface area contributed by atoms with Gasteiger partial charge in [-0.3, -0.25) is 9.59 Å². The summed E-state index contributed by atoms with van der Waals surface area (Å²) in [5.41, 5.74) is 0.190. The van der Waals surface area contributed by atoms with Crippen LogP contribution in [0.1, 0.15) is 23.2 Å². The third-order valence-corrected chi connectivity index (χ3v) is 3.18. The van der Waals surface area contributed by atoms with Gasteiger partial charge in [0.25, 0.3) is 5.91 Å². The normalized spacial score (nSPS) is 14.1. The van der Waals surface area contributed by atoms with E-state index in [1.807, 2.05) is 0 Å². The Morgan fingerprint density at radius 3 is 2.72 bits per heavy atom. The fourth-order valence-electron chi connectivity index (χ4n) is 1.41. The molecule has 1 fully saturated rings. The van der Waals surface area contributed by atoms with Crippen LogP contribution in [0.5, 0.6) is 0 Å². The zero-order valence-electron chi connectivity index (χ0n) is 9.50. The van der Waals surface area contributed by atoms with Crippen LogP contribution in [0, 0.1) is 5.82 Å². The van der Waals surface area contributed by atoms with Crippen LogP contribution in [0.25, 0.3) is 0 Å². The van der Waals surface area contributed by atoms with E-state index in [1.165, 1.54) is 12.1 Å². The van der Waals surface area contributed by atoms with Gasteiger partial charge in [-0.15, -0.1) is 0 Å². The fourth-order valence-corrected chi connectivity index (χ4v) is 1.65. The molecule has 1 aromatic carbocycles. The summed E-state index contributed by atoms with van der Waals surface area (Å²) < 4.78 is 13.5. The first-order valence-corrected chi connectivity index (χ1v) is 6.38. The molecular formula is C12H12BrFN2O2. The third kappa shape index (κ3) is 3.53. The number of carbonyl (C=O) groups excluding carboxylic acids is 2. The van der Waals surface area contributed by atoms with Crippen LogP contribution in [-0.2, 0) is 4.79 Å². The number of nitrogens with one attached hydrogen (secondary N) is 2. The topological polar surface area (TPSA) is 58.2 Å². The van der Waals surface area contributed by atoms with Crippen molar-refractivity contribution in [1.29, 1.82) is 0 Å². The lowest BCUT2D eigenvalue weighted by Gasteiger charge is -2.06.